The van der Waals surface area contributed by atoms with E-state index in [4.69, 9.17) is 4.18 Å². The molecule has 0 aromatic heterocycles. The molecule has 19 heavy (non-hydrogen) atoms. The Labute approximate surface area is 116 Å². The summed E-state index contributed by atoms with van der Waals surface area (Å²) in [4.78, 5) is 11.4. The van der Waals surface area contributed by atoms with Gasteiger partial charge in [-0.1, -0.05) is 17.7 Å². The van der Waals surface area contributed by atoms with E-state index in [1.807, 2.05) is 6.92 Å². The Morgan fingerprint density at radius 3 is 2.32 bits per heavy atom. The van der Waals surface area contributed by atoms with Gasteiger partial charge in [-0.2, -0.15) is 8.42 Å². The lowest BCUT2D eigenvalue weighted by atomic mass is 10.2. The molecule has 0 N–H and O–H groups in total. The van der Waals surface area contributed by atoms with Crippen LogP contribution in [0.3, 0.4) is 0 Å². The third-order valence-electron chi connectivity index (χ3n) is 2.20. The minimum absolute atomic E-state index is 0.0275. The Morgan fingerprint density at radius 2 is 1.84 bits per heavy atom. The maximum atomic E-state index is 11.8. The third kappa shape index (κ3) is 4.29. The van der Waals surface area contributed by atoms with Crippen LogP contribution in [0.15, 0.2) is 40.3 Å². The van der Waals surface area contributed by atoms with Gasteiger partial charge in [-0.3, -0.25) is 0 Å². The fraction of sp³-hybridized carbons (Fsp3) is 0.250. The van der Waals surface area contributed by atoms with Crippen molar-refractivity contribution in [2.24, 2.45) is 0 Å². The number of carbonyl (C=O) groups excluding carboxylic acids is 1. The molecular weight excluding hydrogens is 288 g/mol. The minimum atomic E-state index is -3.92. The maximum absolute atomic E-state index is 11.8. The van der Waals surface area contributed by atoms with Gasteiger partial charge in [-0.05, 0) is 25.3 Å². The Bertz CT molecular complexity index is 573. The Balaban J connectivity index is 2.94. The molecule has 0 unspecified atom stereocenters. The zero-order valence-corrected chi connectivity index (χ0v) is 12.4. The predicted octanol–water partition coefficient (Wildman–Crippen LogP) is 2.08. The maximum Gasteiger partial charge on any atom is 0.347 e. The van der Waals surface area contributed by atoms with Crippen LogP contribution < -0.4 is 0 Å². The molecule has 0 heterocycles. The van der Waals surface area contributed by atoms with Gasteiger partial charge >= 0.3 is 16.1 Å². The highest BCUT2D eigenvalue weighted by atomic mass is 32.2. The molecule has 1 rings (SSSR count). The number of methoxy groups -OCH3 is 1. The summed E-state index contributed by atoms with van der Waals surface area (Å²) < 4.78 is 32.9. The molecule has 0 atom stereocenters. The summed E-state index contributed by atoms with van der Waals surface area (Å²) in [5.41, 5.74) is 0.939. The van der Waals surface area contributed by atoms with Gasteiger partial charge in [0.1, 0.15) is 16.1 Å². The molecule has 7 heteroatoms. The summed E-state index contributed by atoms with van der Waals surface area (Å²) in [5, 5.41) is 0. The molecular formula is C12H14O5S2. The molecule has 5 nitrogen and oxygen atoms in total. The van der Waals surface area contributed by atoms with Gasteiger partial charge in [-0.25, -0.2) is 4.79 Å². The summed E-state index contributed by atoms with van der Waals surface area (Å²) in [7, 11) is -2.71. The van der Waals surface area contributed by atoms with Gasteiger partial charge < -0.3 is 8.92 Å². The predicted molar refractivity (Wildman–Crippen MR) is 73.1 cm³/mol. The number of esters is 1. The van der Waals surface area contributed by atoms with E-state index >= 15 is 0 Å². The second-order valence-electron chi connectivity index (χ2n) is 3.54. The smallest absolute Gasteiger partial charge is 0.347 e. The first-order chi connectivity index (χ1) is 8.90. The molecule has 0 aliphatic heterocycles. The monoisotopic (exact) mass is 302 g/mol. The standard InChI is InChI=1S/C12H14O5S2/c1-9-4-6-10(7-5-9)19(14,15)17-8-11(18-3)12(13)16-2/h4-8H,1-3H3/b11-8-. The highest BCUT2D eigenvalue weighted by Crippen LogP contribution is 2.18. The van der Waals surface area contributed by atoms with Crippen molar-refractivity contribution in [1.29, 1.82) is 0 Å². The van der Waals surface area contributed by atoms with Crippen molar-refractivity contribution in [2.75, 3.05) is 13.4 Å². The third-order valence-corrected chi connectivity index (χ3v) is 4.10. The number of ether oxygens (including phenoxy) is 1. The van der Waals surface area contributed by atoms with E-state index in [1.165, 1.54) is 19.2 Å². The van der Waals surface area contributed by atoms with E-state index in [1.54, 1.807) is 18.4 Å². The summed E-state index contributed by atoms with van der Waals surface area (Å²) in [5.74, 6) is -0.647. The van der Waals surface area contributed by atoms with E-state index in [2.05, 4.69) is 4.74 Å². The molecule has 0 amide bonds. The summed E-state index contributed by atoms with van der Waals surface area (Å²) in [6, 6.07) is 6.20. The molecule has 0 bridgehead atoms. The molecule has 104 valence electrons. The van der Waals surface area contributed by atoms with Crippen LogP contribution >= 0.6 is 11.8 Å². The first-order valence-electron chi connectivity index (χ1n) is 5.23. The second-order valence-corrected chi connectivity index (χ2v) is 5.96. The number of aryl methyl sites for hydroxylation is 1. The molecule has 1 aromatic rings. The van der Waals surface area contributed by atoms with E-state index < -0.39 is 16.1 Å². The highest BCUT2D eigenvalue weighted by molar-refractivity contribution is 8.03. The molecule has 0 saturated heterocycles. The topological polar surface area (TPSA) is 69.7 Å². The highest BCUT2D eigenvalue weighted by Gasteiger charge is 2.16. The summed E-state index contributed by atoms with van der Waals surface area (Å²) in [6.45, 7) is 1.85. The van der Waals surface area contributed by atoms with Crippen molar-refractivity contribution < 1.29 is 22.1 Å². The fourth-order valence-electron chi connectivity index (χ4n) is 1.15. The average Bonchev–Trinajstić information content (AvgIpc) is 2.39. The van der Waals surface area contributed by atoms with Crippen molar-refractivity contribution in [3.8, 4) is 0 Å². The largest absolute Gasteiger partial charge is 0.465 e. The van der Waals surface area contributed by atoms with Gasteiger partial charge in [0.15, 0.2) is 0 Å². The van der Waals surface area contributed by atoms with Crippen molar-refractivity contribution in [3.05, 3.63) is 41.0 Å². The molecule has 0 spiro atoms. The van der Waals surface area contributed by atoms with E-state index in [9.17, 15) is 13.2 Å². The molecule has 0 radical (unpaired) electrons. The molecule has 0 fully saturated rings. The summed E-state index contributed by atoms with van der Waals surface area (Å²) >= 11 is 1.04. The zero-order chi connectivity index (χ0) is 14.5. The number of hydrogen-bond acceptors (Lipinski definition) is 6. The quantitative estimate of drug-likeness (QED) is 0.359. The number of thioether (sulfide) groups is 1. The molecule has 0 aliphatic carbocycles. The minimum Gasteiger partial charge on any atom is -0.465 e. The van der Waals surface area contributed by atoms with Crippen molar-refractivity contribution >= 4 is 27.8 Å². The second kappa shape index (κ2) is 6.63. The average molecular weight is 302 g/mol. The Morgan fingerprint density at radius 1 is 1.26 bits per heavy atom. The van der Waals surface area contributed by atoms with Crippen molar-refractivity contribution in [2.45, 2.75) is 11.8 Å². The van der Waals surface area contributed by atoms with E-state index in [0.29, 0.717) is 0 Å². The van der Waals surface area contributed by atoms with Gasteiger partial charge in [-0.15, -0.1) is 11.8 Å². The molecule has 0 aliphatic rings. The first kappa shape index (κ1) is 15.6. The van der Waals surface area contributed by atoms with Gasteiger partial charge in [0.2, 0.25) is 0 Å². The lowest BCUT2D eigenvalue weighted by molar-refractivity contribution is -0.135. The zero-order valence-electron chi connectivity index (χ0n) is 10.7. The van der Waals surface area contributed by atoms with Crippen LogP contribution in [0.2, 0.25) is 0 Å². The number of benzene rings is 1. The summed E-state index contributed by atoms with van der Waals surface area (Å²) in [6.07, 6.45) is 2.50. The molecule has 1 aromatic carbocycles. The fourth-order valence-corrected chi connectivity index (χ4v) is 2.41. The lowest BCUT2D eigenvalue weighted by Crippen LogP contribution is -2.06. The van der Waals surface area contributed by atoms with Crippen LogP contribution in [-0.2, 0) is 23.8 Å². The lowest BCUT2D eigenvalue weighted by Gasteiger charge is -2.05. The Hall–Kier alpha value is -1.47. The SMILES string of the molecule is COC(=O)/C(=C/OS(=O)(=O)c1ccc(C)cc1)SC. The normalized spacial score (nSPS) is 12.1. The van der Waals surface area contributed by atoms with Gasteiger partial charge in [0.05, 0.1) is 7.11 Å². The van der Waals surface area contributed by atoms with Crippen molar-refractivity contribution in [3.63, 3.8) is 0 Å². The number of rotatable bonds is 5. The van der Waals surface area contributed by atoms with Crippen LogP contribution in [-0.4, -0.2) is 27.8 Å². The number of carbonyl (C=O) groups is 1. The van der Waals surface area contributed by atoms with Gasteiger partial charge in [0, 0.05) is 0 Å². The molecule has 0 saturated carbocycles. The van der Waals surface area contributed by atoms with Crippen LogP contribution in [0.4, 0.5) is 0 Å². The van der Waals surface area contributed by atoms with E-state index in [0.717, 1.165) is 23.6 Å². The van der Waals surface area contributed by atoms with Gasteiger partial charge in [0.25, 0.3) is 0 Å². The van der Waals surface area contributed by atoms with Crippen LogP contribution in [0.25, 0.3) is 0 Å². The van der Waals surface area contributed by atoms with Crippen molar-refractivity contribution in [1.82, 2.24) is 0 Å². The number of hydrogen-bond donors (Lipinski definition) is 0. The Kier molecular flexibility index (Phi) is 5.44. The van der Waals surface area contributed by atoms with Crippen LogP contribution in [0, 0.1) is 6.92 Å². The first-order valence-corrected chi connectivity index (χ1v) is 7.86. The van der Waals surface area contributed by atoms with Crippen LogP contribution in [0.5, 0.6) is 0 Å². The van der Waals surface area contributed by atoms with Crippen LogP contribution in [0.1, 0.15) is 5.56 Å². The van der Waals surface area contributed by atoms with E-state index in [-0.39, 0.29) is 9.80 Å².